The number of anilines is 2. The number of halogens is 1. The molecule has 3 aromatic rings. The van der Waals surface area contributed by atoms with E-state index in [1.165, 1.54) is 18.9 Å². The number of benzene rings is 1. The van der Waals surface area contributed by atoms with Crippen molar-refractivity contribution in [2.75, 3.05) is 29.0 Å². The standard InChI is InChI=1S/C21H23FN6O2S/c1-31(29,30)25-15-5-6-18(19(13-15)27-11-9-21(7-8-21)10-12-27)28-14-17(24-26-28)16-3-2-4-20(22)23-16/h2-6,13-14,25H,7-12H2,1H3. The van der Waals surface area contributed by atoms with E-state index in [1.54, 1.807) is 29.1 Å². The number of nitrogens with zero attached hydrogens (tertiary/aromatic N) is 5. The minimum atomic E-state index is -3.39. The van der Waals surface area contributed by atoms with Crippen molar-refractivity contribution >= 4 is 21.4 Å². The van der Waals surface area contributed by atoms with Gasteiger partial charge in [0.25, 0.3) is 0 Å². The Morgan fingerprint density at radius 2 is 1.81 bits per heavy atom. The molecule has 1 saturated heterocycles. The van der Waals surface area contributed by atoms with E-state index in [1.807, 2.05) is 12.1 Å². The Labute approximate surface area is 180 Å². The fourth-order valence-corrected chi connectivity index (χ4v) is 4.75. The summed E-state index contributed by atoms with van der Waals surface area (Å²) in [5.41, 5.74) is 3.54. The van der Waals surface area contributed by atoms with Crippen LogP contribution in [0.25, 0.3) is 17.1 Å². The lowest BCUT2D eigenvalue weighted by molar-refractivity contribution is 0.384. The topological polar surface area (TPSA) is 93.0 Å². The van der Waals surface area contributed by atoms with Crippen LogP contribution in [0.5, 0.6) is 0 Å². The van der Waals surface area contributed by atoms with Crippen molar-refractivity contribution in [2.45, 2.75) is 25.7 Å². The first-order valence-electron chi connectivity index (χ1n) is 10.2. The Balaban J connectivity index is 1.51. The lowest BCUT2D eigenvalue weighted by atomic mass is 9.93. The molecule has 8 nitrogen and oxygen atoms in total. The van der Waals surface area contributed by atoms with Crippen LogP contribution >= 0.6 is 0 Å². The summed E-state index contributed by atoms with van der Waals surface area (Å²) in [6, 6.07) is 9.90. The molecule has 5 rings (SSSR count). The van der Waals surface area contributed by atoms with Crippen LogP contribution in [0.3, 0.4) is 0 Å². The molecule has 3 heterocycles. The van der Waals surface area contributed by atoms with E-state index in [4.69, 9.17) is 0 Å². The molecule has 162 valence electrons. The van der Waals surface area contributed by atoms with E-state index in [2.05, 4.69) is 24.9 Å². The highest BCUT2D eigenvalue weighted by molar-refractivity contribution is 7.92. The van der Waals surface area contributed by atoms with Crippen molar-refractivity contribution < 1.29 is 12.8 Å². The summed E-state index contributed by atoms with van der Waals surface area (Å²) in [5, 5.41) is 8.39. The van der Waals surface area contributed by atoms with Crippen LogP contribution < -0.4 is 9.62 Å². The van der Waals surface area contributed by atoms with Gasteiger partial charge < -0.3 is 4.90 Å². The fraction of sp³-hybridized carbons (Fsp3) is 0.381. The van der Waals surface area contributed by atoms with Crippen LogP contribution in [0.2, 0.25) is 0 Å². The monoisotopic (exact) mass is 442 g/mol. The zero-order chi connectivity index (χ0) is 21.6. The molecular formula is C21H23FN6O2S. The zero-order valence-electron chi connectivity index (χ0n) is 17.1. The number of piperidine rings is 1. The third-order valence-electron chi connectivity index (χ3n) is 6.12. The summed E-state index contributed by atoms with van der Waals surface area (Å²) < 4.78 is 41.2. The second-order valence-corrected chi connectivity index (χ2v) is 10.2. The first-order chi connectivity index (χ1) is 14.8. The van der Waals surface area contributed by atoms with Gasteiger partial charge in [-0.2, -0.15) is 4.39 Å². The van der Waals surface area contributed by atoms with Crippen molar-refractivity contribution in [1.82, 2.24) is 20.0 Å². The molecule has 0 atom stereocenters. The van der Waals surface area contributed by atoms with Crippen LogP contribution in [0, 0.1) is 11.4 Å². The second-order valence-electron chi connectivity index (χ2n) is 8.46. The van der Waals surface area contributed by atoms with E-state index in [0.29, 0.717) is 22.5 Å². The Kier molecular flexibility index (Phi) is 4.69. The summed E-state index contributed by atoms with van der Waals surface area (Å²) in [4.78, 5) is 6.14. The van der Waals surface area contributed by atoms with Gasteiger partial charge in [0.05, 0.1) is 35.2 Å². The van der Waals surface area contributed by atoms with Crippen LogP contribution in [-0.2, 0) is 10.0 Å². The van der Waals surface area contributed by atoms with Crippen molar-refractivity contribution in [1.29, 1.82) is 0 Å². The third-order valence-corrected chi connectivity index (χ3v) is 6.72. The highest BCUT2D eigenvalue weighted by Crippen LogP contribution is 2.54. The average Bonchev–Trinajstić information content (AvgIpc) is 3.29. The molecule has 0 amide bonds. The Bertz CT molecular complexity index is 1230. The van der Waals surface area contributed by atoms with Crippen LogP contribution in [0.1, 0.15) is 25.7 Å². The molecule has 1 N–H and O–H groups in total. The highest BCUT2D eigenvalue weighted by atomic mass is 32.2. The van der Waals surface area contributed by atoms with Crippen LogP contribution in [0.15, 0.2) is 42.6 Å². The van der Waals surface area contributed by atoms with E-state index in [9.17, 15) is 12.8 Å². The van der Waals surface area contributed by atoms with E-state index >= 15 is 0 Å². The first kappa shape index (κ1) is 19.9. The fourth-order valence-electron chi connectivity index (χ4n) is 4.20. The summed E-state index contributed by atoms with van der Waals surface area (Å²) in [6.45, 7) is 1.81. The molecule has 2 aliphatic rings. The molecule has 1 spiro atoms. The lowest BCUT2D eigenvalue weighted by Crippen LogP contribution is -2.35. The van der Waals surface area contributed by atoms with Gasteiger partial charge >= 0.3 is 0 Å². The highest BCUT2D eigenvalue weighted by Gasteiger charge is 2.44. The molecule has 0 radical (unpaired) electrons. The summed E-state index contributed by atoms with van der Waals surface area (Å²) in [5.74, 6) is -0.578. The predicted molar refractivity (Wildman–Crippen MR) is 116 cm³/mol. The van der Waals surface area contributed by atoms with Crippen molar-refractivity contribution in [3.63, 3.8) is 0 Å². The number of pyridine rings is 1. The zero-order valence-corrected chi connectivity index (χ0v) is 17.9. The molecule has 2 fully saturated rings. The molecule has 2 aromatic heterocycles. The SMILES string of the molecule is CS(=O)(=O)Nc1ccc(-n2cc(-c3cccc(F)n3)nn2)c(N2CCC3(CC2)CC3)c1. The third kappa shape index (κ3) is 4.25. The van der Waals surface area contributed by atoms with Gasteiger partial charge in [-0.1, -0.05) is 11.3 Å². The average molecular weight is 443 g/mol. The Hall–Kier alpha value is -3.01. The quantitative estimate of drug-likeness (QED) is 0.610. The summed E-state index contributed by atoms with van der Waals surface area (Å²) in [7, 11) is -3.39. The maximum atomic E-state index is 13.5. The van der Waals surface area contributed by atoms with Gasteiger partial charge in [0.15, 0.2) is 0 Å². The number of hydrogen-bond acceptors (Lipinski definition) is 6. The lowest BCUT2D eigenvalue weighted by Gasteiger charge is -2.35. The second kappa shape index (κ2) is 7.30. The number of sulfonamides is 1. The molecule has 10 heteroatoms. The molecule has 1 aliphatic heterocycles. The molecule has 31 heavy (non-hydrogen) atoms. The van der Waals surface area contributed by atoms with E-state index in [0.717, 1.165) is 43.6 Å². The van der Waals surface area contributed by atoms with Crippen LogP contribution in [0.4, 0.5) is 15.8 Å². The number of rotatable bonds is 5. The predicted octanol–water partition coefficient (Wildman–Crippen LogP) is 3.22. The molecular weight excluding hydrogens is 419 g/mol. The summed E-state index contributed by atoms with van der Waals surface area (Å²) in [6.07, 6.45) is 7.70. The van der Waals surface area contributed by atoms with Gasteiger partial charge in [-0.3, -0.25) is 4.72 Å². The Morgan fingerprint density at radius 3 is 2.48 bits per heavy atom. The number of aromatic nitrogens is 4. The van der Waals surface area contributed by atoms with Crippen molar-refractivity contribution in [3.05, 3.63) is 48.5 Å². The van der Waals surface area contributed by atoms with Crippen molar-refractivity contribution in [2.24, 2.45) is 5.41 Å². The van der Waals surface area contributed by atoms with Gasteiger partial charge in [-0.25, -0.2) is 18.1 Å². The maximum absolute atomic E-state index is 13.5. The number of nitrogens with one attached hydrogen (secondary N) is 1. The van der Waals surface area contributed by atoms with E-state index < -0.39 is 16.0 Å². The van der Waals surface area contributed by atoms with Crippen molar-refractivity contribution in [3.8, 4) is 17.1 Å². The molecule has 0 unspecified atom stereocenters. The molecule has 1 aliphatic carbocycles. The molecule has 1 saturated carbocycles. The maximum Gasteiger partial charge on any atom is 0.229 e. The summed E-state index contributed by atoms with van der Waals surface area (Å²) >= 11 is 0. The van der Waals surface area contributed by atoms with E-state index in [-0.39, 0.29) is 0 Å². The van der Waals surface area contributed by atoms with Crippen LogP contribution in [-0.4, -0.2) is 47.7 Å². The minimum Gasteiger partial charge on any atom is -0.370 e. The van der Waals surface area contributed by atoms with Gasteiger partial charge in [0, 0.05) is 13.1 Å². The van der Waals surface area contributed by atoms with Gasteiger partial charge in [-0.05, 0) is 61.4 Å². The molecule has 0 bridgehead atoms. The van der Waals surface area contributed by atoms with Gasteiger partial charge in [0.1, 0.15) is 5.69 Å². The molecule has 1 aromatic carbocycles. The smallest absolute Gasteiger partial charge is 0.229 e. The van der Waals surface area contributed by atoms with Gasteiger partial charge in [0.2, 0.25) is 16.0 Å². The largest absolute Gasteiger partial charge is 0.370 e. The first-order valence-corrected chi connectivity index (χ1v) is 12.1. The normalized spacial score (nSPS) is 17.7. The van der Waals surface area contributed by atoms with Gasteiger partial charge in [-0.15, -0.1) is 5.10 Å². The number of hydrogen-bond donors (Lipinski definition) is 1. The Morgan fingerprint density at radius 1 is 1.03 bits per heavy atom. The minimum absolute atomic E-state index is 0.400.